The van der Waals surface area contributed by atoms with Crippen molar-refractivity contribution in [2.24, 2.45) is 0 Å². The van der Waals surface area contributed by atoms with Gasteiger partial charge in [0.1, 0.15) is 22.3 Å². The number of fused-ring (bicyclic) bond motifs is 1. The zero-order valence-electron chi connectivity index (χ0n) is 17.3. The lowest BCUT2D eigenvalue weighted by Gasteiger charge is -2.14. The molecule has 4 rings (SSSR count). The van der Waals surface area contributed by atoms with E-state index in [4.69, 9.17) is 10.1 Å². The molecule has 1 aliphatic rings. The summed E-state index contributed by atoms with van der Waals surface area (Å²) in [6, 6.07) is 4.54. The van der Waals surface area contributed by atoms with Gasteiger partial charge in [0.05, 0.1) is 11.4 Å². The maximum Gasteiger partial charge on any atom is 0.289 e. The molecule has 0 atom stereocenters. The summed E-state index contributed by atoms with van der Waals surface area (Å²) < 4.78 is 31.2. The summed E-state index contributed by atoms with van der Waals surface area (Å²) in [5, 5.41) is 21.8. The third-order valence-corrected chi connectivity index (χ3v) is 4.45. The average molecular weight is 449 g/mol. The van der Waals surface area contributed by atoms with Gasteiger partial charge in [0.2, 0.25) is 5.88 Å². The number of nitrogens with zero attached hydrogens (tertiary/aromatic N) is 4. The molecule has 33 heavy (non-hydrogen) atoms. The highest BCUT2D eigenvalue weighted by Gasteiger charge is 2.17. The van der Waals surface area contributed by atoms with Crippen molar-refractivity contribution in [2.45, 2.75) is 6.43 Å². The molecule has 9 nitrogen and oxygen atoms in total. The van der Waals surface area contributed by atoms with Gasteiger partial charge in [-0.25, -0.2) is 13.8 Å². The molecule has 0 unspecified atom stereocenters. The molecule has 0 saturated carbocycles. The minimum Gasteiger partial charge on any atom is -0.472 e. The fraction of sp³-hybridized carbons (Fsp3) is 0.136. The molecule has 1 aliphatic carbocycles. The van der Waals surface area contributed by atoms with Gasteiger partial charge in [0.15, 0.2) is 6.61 Å². The van der Waals surface area contributed by atoms with Crippen molar-refractivity contribution >= 4 is 22.4 Å². The number of halogens is 2. The predicted octanol–water partition coefficient (Wildman–Crippen LogP) is 2.09. The van der Waals surface area contributed by atoms with Crippen LogP contribution in [0.5, 0.6) is 5.88 Å². The van der Waals surface area contributed by atoms with Crippen LogP contribution in [0.2, 0.25) is 0 Å². The molecule has 0 spiro atoms. The Morgan fingerprint density at radius 3 is 2.88 bits per heavy atom. The molecule has 3 N–H and O–H groups in total. The molecule has 3 aromatic heterocycles. The topological polar surface area (TPSA) is 122 Å². The highest BCUT2D eigenvalue weighted by molar-refractivity contribution is 6.11. The quantitative estimate of drug-likeness (QED) is 0.513. The van der Waals surface area contributed by atoms with Gasteiger partial charge in [-0.15, -0.1) is 0 Å². The minimum atomic E-state index is -2.67. The van der Waals surface area contributed by atoms with Crippen molar-refractivity contribution in [3.8, 4) is 17.7 Å². The van der Waals surface area contributed by atoms with Crippen LogP contribution in [0.1, 0.15) is 11.3 Å². The maximum absolute atomic E-state index is 13.4. The summed E-state index contributed by atoms with van der Waals surface area (Å²) in [4.78, 5) is 17.6. The predicted molar refractivity (Wildman–Crippen MR) is 118 cm³/mol. The van der Waals surface area contributed by atoms with Crippen LogP contribution in [0.3, 0.4) is 0 Å². The van der Waals surface area contributed by atoms with Gasteiger partial charge < -0.3 is 15.5 Å². The molecule has 11 heteroatoms. The number of aromatic nitrogens is 5. The van der Waals surface area contributed by atoms with E-state index in [1.807, 2.05) is 0 Å². The van der Waals surface area contributed by atoms with Crippen molar-refractivity contribution in [3.05, 3.63) is 76.0 Å². The molecule has 0 amide bonds. The first-order chi connectivity index (χ1) is 16.0. The summed E-state index contributed by atoms with van der Waals surface area (Å²) in [5.41, 5.74) is 1.49. The van der Waals surface area contributed by atoms with E-state index < -0.39 is 18.6 Å². The zero-order valence-corrected chi connectivity index (χ0v) is 17.3. The van der Waals surface area contributed by atoms with Crippen LogP contribution >= 0.6 is 0 Å². The number of H-pyrrole nitrogens is 1. The molecule has 0 fully saturated rings. The third kappa shape index (κ3) is 4.69. The summed E-state index contributed by atoms with van der Waals surface area (Å²) in [7, 11) is 1.70. The third-order valence-electron chi connectivity index (χ3n) is 4.45. The lowest BCUT2D eigenvalue weighted by Crippen LogP contribution is -2.26. The first-order valence-electron chi connectivity index (χ1n) is 9.69. The van der Waals surface area contributed by atoms with E-state index in [1.54, 1.807) is 43.7 Å². The SMILES string of the molecule is CN/C=C1/C=C(n2nc3ccc(OCC(F)F)nc3c(C#Cc3cc[nH]n3)c2=O)C=CC1=N. The Labute approximate surface area is 186 Å². The van der Waals surface area contributed by atoms with E-state index in [2.05, 4.69) is 37.4 Å². The Balaban J connectivity index is 1.90. The van der Waals surface area contributed by atoms with E-state index in [0.717, 1.165) is 4.68 Å². The molecular weight excluding hydrogens is 432 g/mol. The average Bonchev–Trinajstić information content (AvgIpc) is 3.32. The second kappa shape index (κ2) is 9.27. The van der Waals surface area contributed by atoms with Crippen LogP contribution < -0.4 is 15.6 Å². The Kier molecular flexibility index (Phi) is 6.08. The van der Waals surface area contributed by atoms with E-state index in [0.29, 0.717) is 22.5 Å². The molecule has 0 aromatic carbocycles. The fourth-order valence-corrected chi connectivity index (χ4v) is 2.99. The number of pyridine rings is 1. The molecular formula is C22H17F2N7O2. The van der Waals surface area contributed by atoms with Crippen LogP contribution in [-0.2, 0) is 0 Å². The molecule has 3 heterocycles. The van der Waals surface area contributed by atoms with Gasteiger partial charge in [0, 0.05) is 31.1 Å². The fourth-order valence-electron chi connectivity index (χ4n) is 2.99. The number of rotatable bonds is 5. The van der Waals surface area contributed by atoms with Gasteiger partial charge in [-0.05, 0) is 36.3 Å². The van der Waals surface area contributed by atoms with Gasteiger partial charge in [0.25, 0.3) is 12.0 Å². The monoisotopic (exact) mass is 449 g/mol. The number of hydrogen-bond acceptors (Lipinski definition) is 7. The second-order valence-corrected chi connectivity index (χ2v) is 6.73. The highest BCUT2D eigenvalue weighted by atomic mass is 19.3. The first kappa shape index (κ1) is 21.6. The Bertz CT molecular complexity index is 1420. The van der Waals surface area contributed by atoms with Crippen molar-refractivity contribution in [1.82, 2.24) is 30.3 Å². The zero-order chi connectivity index (χ0) is 23.4. The number of ether oxygens (including phenoxy) is 1. The lowest BCUT2D eigenvalue weighted by molar-refractivity contribution is 0.0797. The highest BCUT2D eigenvalue weighted by Crippen LogP contribution is 2.20. The summed E-state index contributed by atoms with van der Waals surface area (Å²) in [6.07, 6.45) is 5.32. The number of hydrogen-bond donors (Lipinski definition) is 3. The van der Waals surface area contributed by atoms with Gasteiger partial charge >= 0.3 is 0 Å². The first-order valence-corrected chi connectivity index (χ1v) is 9.69. The molecule has 0 radical (unpaired) electrons. The van der Waals surface area contributed by atoms with E-state index in [9.17, 15) is 13.6 Å². The smallest absolute Gasteiger partial charge is 0.289 e. The molecule has 0 bridgehead atoms. The van der Waals surface area contributed by atoms with Crippen LogP contribution in [-0.4, -0.2) is 50.8 Å². The van der Waals surface area contributed by atoms with E-state index in [-0.39, 0.29) is 22.7 Å². The van der Waals surface area contributed by atoms with Gasteiger partial charge in [-0.1, -0.05) is 5.92 Å². The lowest BCUT2D eigenvalue weighted by atomic mass is 10.0. The second-order valence-electron chi connectivity index (χ2n) is 6.73. The normalized spacial score (nSPS) is 14.4. The Morgan fingerprint density at radius 2 is 2.15 bits per heavy atom. The maximum atomic E-state index is 13.4. The summed E-state index contributed by atoms with van der Waals surface area (Å²) in [5.74, 6) is 5.49. The number of alkyl halides is 2. The molecule has 0 saturated heterocycles. The van der Waals surface area contributed by atoms with Gasteiger partial charge in [-0.2, -0.15) is 14.9 Å². The van der Waals surface area contributed by atoms with E-state index >= 15 is 0 Å². The van der Waals surface area contributed by atoms with E-state index in [1.165, 1.54) is 12.1 Å². The number of nitrogens with one attached hydrogen (secondary N) is 3. The van der Waals surface area contributed by atoms with Crippen molar-refractivity contribution in [3.63, 3.8) is 0 Å². The summed E-state index contributed by atoms with van der Waals surface area (Å²) in [6.45, 7) is -0.832. The van der Waals surface area contributed by atoms with Crippen molar-refractivity contribution in [1.29, 1.82) is 5.41 Å². The Morgan fingerprint density at radius 1 is 1.30 bits per heavy atom. The largest absolute Gasteiger partial charge is 0.472 e. The van der Waals surface area contributed by atoms with Crippen LogP contribution in [0.25, 0.3) is 16.7 Å². The molecule has 166 valence electrons. The number of allylic oxidation sites excluding steroid dienone is 5. The van der Waals surface area contributed by atoms with Crippen LogP contribution in [0.15, 0.2) is 59.2 Å². The molecule has 0 aliphatic heterocycles. The standard InChI is InChI=1S/C22H17F2N7O2/c1-26-11-13-10-15(3-5-17(13)25)31-22(32)16(4-2-14-8-9-27-29-14)21-18(30-31)6-7-20(28-21)33-12-19(23)24/h3,5-11,19,25-26H,12H2,1H3,(H,27,29)/b13-11-,25-17?. The van der Waals surface area contributed by atoms with Crippen molar-refractivity contribution < 1.29 is 13.5 Å². The van der Waals surface area contributed by atoms with Gasteiger partial charge in [-0.3, -0.25) is 9.89 Å². The Hall–Kier alpha value is -4.59. The number of aromatic amines is 1. The van der Waals surface area contributed by atoms with Crippen molar-refractivity contribution in [2.75, 3.05) is 13.7 Å². The van der Waals surface area contributed by atoms with Crippen LogP contribution in [0, 0.1) is 17.3 Å². The molecule has 3 aromatic rings. The summed E-state index contributed by atoms with van der Waals surface area (Å²) >= 11 is 0. The van der Waals surface area contributed by atoms with Crippen LogP contribution in [0.4, 0.5) is 8.78 Å². The minimum absolute atomic E-state index is 0.000377.